The molecule has 0 saturated carbocycles. The van der Waals surface area contributed by atoms with Gasteiger partial charge in [0.15, 0.2) is 12.0 Å². The zero-order valence-electron chi connectivity index (χ0n) is 7.95. The third-order valence-electron chi connectivity index (χ3n) is 2.04. The highest BCUT2D eigenvalue weighted by Crippen LogP contribution is 2.16. The van der Waals surface area contributed by atoms with Gasteiger partial charge in [0.25, 0.3) is 0 Å². The van der Waals surface area contributed by atoms with Crippen LogP contribution in [0.15, 0.2) is 29.0 Å². The number of fused-ring (bicyclic) bond motifs is 1. The van der Waals surface area contributed by atoms with Crippen molar-refractivity contribution in [2.45, 2.75) is 20.3 Å². The summed E-state index contributed by atoms with van der Waals surface area (Å²) in [5.41, 5.74) is 3.15. The summed E-state index contributed by atoms with van der Waals surface area (Å²) in [6.07, 6.45) is 2.59. The van der Waals surface area contributed by atoms with Crippen molar-refractivity contribution in [2.75, 3.05) is 0 Å². The first kappa shape index (κ1) is 8.30. The summed E-state index contributed by atoms with van der Waals surface area (Å²) >= 11 is 0. The Morgan fingerprint density at radius 2 is 2.23 bits per heavy atom. The highest BCUT2D eigenvalue weighted by molar-refractivity contribution is 5.72. The second-order valence-electron chi connectivity index (χ2n) is 3.75. The van der Waals surface area contributed by atoms with E-state index in [1.165, 1.54) is 12.0 Å². The SMILES string of the molecule is CC(C)Cc1ccc2ocnc2c1. The normalized spacial score (nSPS) is 11.3. The summed E-state index contributed by atoms with van der Waals surface area (Å²) in [7, 11) is 0. The van der Waals surface area contributed by atoms with E-state index in [1.54, 1.807) is 0 Å². The van der Waals surface area contributed by atoms with Crippen molar-refractivity contribution in [1.82, 2.24) is 4.98 Å². The number of hydrogen-bond acceptors (Lipinski definition) is 2. The van der Waals surface area contributed by atoms with Crippen molar-refractivity contribution < 1.29 is 4.42 Å². The molecule has 0 amide bonds. The van der Waals surface area contributed by atoms with Crippen LogP contribution in [0.2, 0.25) is 0 Å². The monoisotopic (exact) mass is 175 g/mol. The van der Waals surface area contributed by atoms with E-state index < -0.39 is 0 Å². The Morgan fingerprint density at radius 3 is 3.00 bits per heavy atom. The molecule has 0 unspecified atom stereocenters. The molecule has 1 aromatic heterocycles. The van der Waals surface area contributed by atoms with Gasteiger partial charge in [0.2, 0.25) is 0 Å². The van der Waals surface area contributed by atoms with Crippen LogP contribution in [0, 0.1) is 5.92 Å². The molecular weight excluding hydrogens is 162 g/mol. The van der Waals surface area contributed by atoms with E-state index in [0.29, 0.717) is 5.92 Å². The van der Waals surface area contributed by atoms with Crippen LogP contribution in [-0.2, 0) is 6.42 Å². The zero-order chi connectivity index (χ0) is 9.26. The van der Waals surface area contributed by atoms with Gasteiger partial charge in [-0.1, -0.05) is 19.9 Å². The van der Waals surface area contributed by atoms with Crippen molar-refractivity contribution in [1.29, 1.82) is 0 Å². The van der Waals surface area contributed by atoms with Crippen LogP contribution in [0.1, 0.15) is 19.4 Å². The molecule has 0 saturated heterocycles. The fraction of sp³-hybridized carbons (Fsp3) is 0.364. The molecule has 0 spiro atoms. The average molecular weight is 175 g/mol. The summed E-state index contributed by atoms with van der Waals surface area (Å²) < 4.78 is 5.17. The lowest BCUT2D eigenvalue weighted by molar-refractivity contribution is 0.601. The molecule has 1 aromatic carbocycles. The minimum absolute atomic E-state index is 0.685. The van der Waals surface area contributed by atoms with Gasteiger partial charge in [-0.05, 0) is 30.0 Å². The molecule has 2 nitrogen and oxygen atoms in total. The van der Waals surface area contributed by atoms with Crippen molar-refractivity contribution in [2.24, 2.45) is 5.92 Å². The van der Waals surface area contributed by atoms with Crippen molar-refractivity contribution >= 4 is 11.1 Å². The molecular formula is C11H13NO. The van der Waals surface area contributed by atoms with Crippen LogP contribution >= 0.6 is 0 Å². The molecule has 0 aliphatic carbocycles. The Morgan fingerprint density at radius 1 is 1.38 bits per heavy atom. The predicted molar refractivity (Wildman–Crippen MR) is 52.6 cm³/mol. The molecule has 1 heterocycles. The summed E-state index contributed by atoms with van der Waals surface area (Å²) in [5.74, 6) is 0.685. The van der Waals surface area contributed by atoms with E-state index in [2.05, 4.69) is 31.0 Å². The number of rotatable bonds is 2. The number of nitrogens with zero attached hydrogens (tertiary/aromatic N) is 1. The lowest BCUT2D eigenvalue weighted by Gasteiger charge is -2.03. The molecule has 68 valence electrons. The maximum Gasteiger partial charge on any atom is 0.181 e. The van der Waals surface area contributed by atoms with Crippen LogP contribution in [0.5, 0.6) is 0 Å². The Balaban J connectivity index is 2.37. The van der Waals surface area contributed by atoms with Gasteiger partial charge < -0.3 is 4.42 Å². The highest BCUT2D eigenvalue weighted by atomic mass is 16.3. The first-order valence-electron chi connectivity index (χ1n) is 4.58. The molecule has 0 N–H and O–H groups in total. The summed E-state index contributed by atoms with van der Waals surface area (Å²) in [5, 5.41) is 0. The molecule has 13 heavy (non-hydrogen) atoms. The van der Waals surface area contributed by atoms with E-state index in [4.69, 9.17) is 4.42 Å². The van der Waals surface area contributed by atoms with Crippen LogP contribution in [0.25, 0.3) is 11.1 Å². The first-order valence-corrected chi connectivity index (χ1v) is 4.58. The number of hydrogen-bond donors (Lipinski definition) is 0. The number of benzene rings is 1. The maximum atomic E-state index is 5.17. The summed E-state index contributed by atoms with van der Waals surface area (Å²) in [4.78, 5) is 4.12. The van der Waals surface area contributed by atoms with Crippen molar-refractivity contribution in [3.05, 3.63) is 30.2 Å². The van der Waals surface area contributed by atoms with Gasteiger partial charge in [0.1, 0.15) is 5.52 Å². The van der Waals surface area contributed by atoms with Crippen LogP contribution in [-0.4, -0.2) is 4.98 Å². The van der Waals surface area contributed by atoms with Gasteiger partial charge in [0, 0.05) is 0 Å². The predicted octanol–water partition coefficient (Wildman–Crippen LogP) is 3.03. The smallest absolute Gasteiger partial charge is 0.181 e. The molecule has 2 aromatic rings. The van der Waals surface area contributed by atoms with Gasteiger partial charge in [-0.3, -0.25) is 0 Å². The van der Waals surface area contributed by atoms with Crippen molar-refractivity contribution in [3.63, 3.8) is 0 Å². The summed E-state index contributed by atoms with van der Waals surface area (Å²) in [6.45, 7) is 4.43. The van der Waals surface area contributed by atoms with Crippen molar-refractivity contribution in [3.8, 4) is 0 Å². The number of oxazole rings is 1. The standard InChI is InChI=1S/C11H13NO/c1-8(2)5-9-3-4-11-10(6-9)12-7-13-11/h3-4,6-8H,5H2,1-2H3. The Bertz CT molecular complexity index is 403. The molecule has 0 fully saturated rings. The average Bonchev–Trinajstić information content (AvgIpc) is 2.49. The van der Waals surface area contributed by atoms with E-state index >= 15 is 0 Å². The van der Waals surface area contributed by atoms with Crippen LogP contribution in [0.4, 0.5) is 0 Å². The Hall–Kier alpha value is -1.31. The number of aromatic nitrogens is 1. The van der Waals surface area contributed by atoms with E-state index in [0.717, 1.165) is 17.5 Å². The molecule has 2 heteroatoms. The Labute approximate surface area is 77.6 Å². The van der Waals surface area contributed by atoms with Gasteiger partial charge in [-0.25, -0.2) is 4.98 Å². The molecule has 0 radical (unpaired) electrons. The largest absolute Gasteiger partial charge is 0.443 e. The van der Waals surface area contributed by atoms with Crippen LogP contribution < -0.4 is 0 Å². The van der Waals surface area contributed by atoms with Crippen LogP contribution in [0.3, 0.4) is 0 Å². The highest BCUT2D eigenvalue weighted by Gasteiger charge is 2.01. The molecule has 0 aliphatic heterocycles. The van der Waals surface area contributed by atoms with E-state index in [1.807, 2.05) is 6.07 Å². The molecule has 2 rings (SSSR count). The first-order chi connectivity index (χ1) is 6.25. The molecule has 0 aliphatic rings. The lowest BCUT2D eigenvalue weighted by Crippen LogP contribution is -1.93. The lowest BCUT2D eigenvalue weighted by atomic mass is 10.0. The van der Waals surface area contributed by atoms with E-state index in [-0.39, 0.29) is 0 Å². The third kappa shape index (κ3) is 1.72. The van der Waals surface area contributed by atoms with Gasteiger partial charge in [-0.15, -0.1) is 0 Å². The minimum Gasteiger partial charge on any atom is -0.443 e. The van der Waals surface area contributed by atoms with Gasteiger partial charge in [-0.2, -0.15) is 0 Å². The van der Waals surface area contributed by atoms with Gasteiger partial charge >= 0.3 is 0 Å². The van der Waals surface area contributed by atoms with E-state index in [9.17, 15) is 0 Å². The molecule has 0 bridgehead atoms. The second-order valence-corrected chi connectivity index (χ2v) is 3.75. The minimum atomic E-state index is 0.685. The fourth-order valence-corrected chi connectivity index (χ4v) is 1.50. The topological polar surface area (TPSA) is 26.0 Å². The third-order valence-corrected chi connectivity index (χ3v) is 2.04. The molecule has 0 atom stereocenters. The fourth-order valence-electron chi connectivity index (χ4n) is 1.50. The summed E-state index contributed by atoms with van der Waals surface area (Å²) in [6, 6.07) is 6.19. The zero-order valence-corrected chi connectivity index (χ0v) is 7.95. The van der Waals surface area contributed by atoms with Gasteiger partial charge in [0.05, 0.1) is 0 Å². The quantitative estimate of drug-likeness (QED) is 0.701. The maximum absolute atomic E-state index is 5.17. The Kier molecular flexibility index (Phi) is 2.05. The second kappa shape index (κ2) is 3.21.